The molecule has 0 spiro atoms. The molecule has 1 aliphatic carbocycles. The van der Waals surface area contributed by atoms with E-state index in [4.69, 9.17) is 0 Å². The first-order valence-corrected chi connectivity index (χ1v) is 6.13. The molecule has 2 atom stereocenters. The topological polar surface area (TPSA) is 12.0 Å². The summed E-state index contributed by atoms with van der Waals surface area (Å²) in [5, 5.41) is 3.37. The molecule has 1 saturated carbocycles. The second-order valence-electron chi connectivity index (χ2n) is 5.76. The van der Waals surface area contributed by atoms with E-state index in [2.05, 4.69) is 19.2 Å². The number of hydrogen-bond donors (Lipinski definition) is 1. The predicted molar refractivity (Wildman–Crippen MR) is 65.2 cm³/mol. The van der Waals surface area contributed by atoms with Crippen molar-refractivity contribution in [3.63, 3.8) is 0 Å². The lowest BCUT2D eigenvalue weighted by molar-refractivity contribution is -0.137. The lowest BCUT2D eigenvalue weighted by Crippen LogP contribution is -2.24. The average Bonchev–Trinajstić information content (AvgIpc) is 2.85. The Morgan fingerprint density at radius 1 is 1.33 bits per heavy atom. The van der Waals surface area contributed by atoms with Crippen molar-refractivity contribution in [1.82, 2.24) is 5.32 Å². The fourth-order valence-corrected chi connectivity index (χ4v) is 2.13. The first-order chi connectivity index (χ1) is 8.20. The average molecular weight is 257 g/mol. The van der Waals surface area contributed by atoms with Crippen LogP contribution in [0.3, 0.4) is 0 Å². The number of rotatable bonds is 3. The molecule has 18 heavy (non-hydrogen) atoms. The Labute approximate surface area is 105 Å². The van der Waals surface area contributed by atoms with Gasteiger partial charge in [0.05, 0.1) is 5.56 Å². The zero-order valence-electron chi connectivity index (χ0n) is 10.8. The lowest BCUT2D eigenvalue weighted by atomic mass is 10.0. The van der Waals surface area contributed by atoms with Gasteiger partial charge in [-0.3, -0.25) is 0 Å². The van der Waals surface area contributed by atoms with E-state index in [1.807, 2.05) is 6.92 Å². The number of nitrogens with one attached hydrogen (secondary N) is 1. The van der Waals surface area contributed by atoms with Crippen LogP contribution in [0, 0.1) is 5.41 Å². The van der Waals surface area contributed by atoms with Crippen LogP contribution < -0.4 is 5.32 Å². The molecule has 0 aliphatic heterocycles. The van der Waals surface area contributed by atoms with Crippen molar-refractivity contribution in [2.24, 2.45) is 5.41 Å². The van der Waals surface area contributed by atoms with E-state index in [1.54, 1.807) is 6.07 Å². The Morgan fingerprint density at radius 3 is 2.44 bits per heavy atom. The van der Waals surface area contributed by atoms with E-state index in [-0.39, 0.29) is 11.5 Å². The molecule has 1 aromatic rings. The zero-order chi connectivity index (χ0) is 13.6. The predicted octanol–water partition coefficient (Wildman–Crippen LogP) is 4.15. The Kier molecular flexibility index (Phi) is 3.18. The first kappa shape index (κ1) is 13.4. The summed E-state index contributed by atoms with van der Waals surface area (Å²) in [4.78, 5) is 0. The summed E-state index contributed by atoms with van der Waals surface area (Å²) in [5.41, 5.74) is 0.381. The van der Waals surface area contributed by atoms with Crippen LogP contribution in [0.1, 0.15) is 44.4 Å². The molecule has 0 bridgehead atoms. The minimum absolute atomic E-state index is 0.0564. The van der Waals surface area contributed by atoms with E-state index in [0.717, 1.165) is 12.5 Å². The molecule has 1 N–H and O–H groups in total. The van der Waals surface area contributed by atoms with Gasteiger partial charge in [0.2, 0.25) is 0 Å². The third-order valence-electron chi connectivity index (χ3n) is 3.68. The monoisotopic (exact) mass is 257 g/mol. The zero-order valence-corrected chi connectivity index (χ0v) is 10.8. The summed E-state index contributed by atoms with van der Waals surface area (Å²) in [5.74, 6) is 0. The summed E-state index contributed by atoms with van der Waals surface area (Å²) in [7, 11) is 0. The summed E-state index contributed by atoms with van der Waals surface area (Å²) >= 11 is 0. The Morgan fingerprint density at radius 2 is 1.94 bits per heavy atom. The fraction of sp³-hybridized carbons (Fsp3) is 0.571. The largest absolute Gasteiger partial charge is 0.416 e. The minimum Gasteiger partial charge on any atom is -0.307 e. The third kappa shape index (κ3) is 2.86. The molecule has 1 fully saturated rings. The highest BCUT2D eigenvalue weighted by Crippen LogP contribution is 2.45. The maximum Gasteiger partial charge on any atom is 0.416 e. The van der Waals surface area contributed by atoms with Crippen LogP contribution in [-0.4, -0.2) is 6.04 Å². The van der Waals surface area contributed by atoms with Crippen molar-refractivity contribution >= 4 is 0 Å². The third-order valence-corrected chi connectivity index (χ3v) is 3.68. The molecule has 0 amide bonds. The molecular weight excluding hydrogens is 239 g/mol. The maximum absolute atomic E-state index is 12.6. The van der Waals surface area contributed by atoms with E-state index in [9.17, 15) is 13.2 Å². The van der Waals surface area contributed by atoms with Gasteiger partial charge in [-0.1, -0.05) is 26.0 Å². The van der Waals surface area contributed by atoms with Gasteiger partial charge in [0.25, 0.3) is 0 Å². The second-order valence-corrected chi connectivity index (χ2v) is 5.76. The summed E-state index contributed by atoms with van der Waals surface area (Å²) in [6, 6.07) is 5.89. The number of halogens is 3. The smallest absolute Gasteiger partial charge is 0.307 e. The van der Waals surface area contributed by atoms with Gasteiger partial charge in [0, 0.05) is 12.1 Å². The Hall–Kier alpha value is -1.03. The SMILES string of the molecule is CC(NC1CC1(C)C)c1cccc(C(F)(F)F)c1. The highest BCUT2D eigenvalue weighted by atomic mass is 19.4. The van der Waals surface area contributed by atoms with Gasteiger partial charge in [-0.05, 0) is 36.5 Å². The molecule has 0 saturated heterocycles. The standard InChI is InChI=1S/C14H18F3N/c1-9(18-12-8-13(12,2)3)10-5-4-6-11(7-10)14(15,16)17/h4-7,9,12,18H,8H2,1-3H3. The molecule has 0 heterocycles. The van der Waals surface area contributed by atoms with Crippen LogP contribution in [0.2, 0.25) is 0 Å². The van der Waals surface area contributed by atoms with Crippen LogP contribution in [0.5, 0.6) is 0 Å². The highest BCUT2D eigenvalue weighted by Gasteiger charge is 2.46. The quantitative estimate of drug-likeness (QED) is 0.857. The Bertz CT molecular complexity index is 437. The van der Waals surface area contributed by atoms with Crippen molar-refractivity contribution in [2.45, 2.75) is 45.5 Å². The maximum atomic E-state index is 12.6. The first-order valence-electron chi connectivity index (χ1n) is 6.13. The molecule has 0 radical (unpaired) electrons. The van der Waals surface area contributed by atoms with Gasteiger partial charge in [0.15, 0.2) is 0 Å². The normalized spacial score (nSPS) is 23.8. The summed E-state index contributed by atoms with van der Waals surface area (Å²) in [6.07, 6.45) is -3.19. The van der Waals surface area contributed by atoms with Crippen LogP contribution in [0.4, 0.5) is 13.2 Å². The molecule has 0 aromatic heterocycles. The van der Waals surface area contributed by atoms with E-state index in [1.165, 1.54) is 12.1 Å². The molecule has 2 unspecified atom stereocenters. The van der Waals surface area contributed by atoms with Gasteiger partial charge < -0.3 is 5.32 Å². The molecule has 1 nitrogen and oxygen atoms in total. The van der Waals surface area contributed by atoms with Crippen molar-refractivity contribution in [3.8, 4) is 0 Å². The van der Waals surface area contributed by atoms with Gasteiger partial charge in [-0.25, -0.2) is 0 Å². The van der Waals surface area contributed by atoms with Crippen LogP contribution >= 0.6 is 0 Å². The number of alkyl halides is 3. The number of benzene rings is 1. The van der Waals surface area contributed by atoms with E-state index < -0.39 is 11.7 Å². The van der Waals surface area contributed by atoms with Gasteiger partial charge in [-0.15, -0.1) is 0 Å². The minimum atomic E-state index is -4.27. The van der Waals surface area contributed by atoms with Crippen LogP contribution in [0.25, 0.3) is 0 Å². The fourth-order valence-electron chi connectivity index (χ4n) is 2.13. The summed E-state index contributed by atoms with van der Waals surface area (Å²) in [6.45, 7) is 6.22. The van der Waals surface area contributed by atoms with Gasteiger partial charge in [-0.2, -0.15) is 13.2 Å². The molecule has 2 rings (SSSR count). The van der Waals surface area contributed by atoms with Crippen molar-refractivity contribution < 1.29 is 13.2 Å². The highest BCUT2D eigenvalue weighted by molar-refractivity contribution is 5.28. The molecule has 4 heteroatoms. The molecule has 1 aliphatic rings. The van der Waals surface area contributed by atoms with Crippen LogP contribution in [0.15, 0.2) is 24.3 Å². The Balaban J connectivity index is 2.09. The van der Waals surface area contributed by atoms with Crippen molar-refractivity contribution in [1.29, 1.82) is 0 Å². The number of hydrogen-bond acceptors (Lipinski definition) is 1. The molecule has 1 aromatic carbocycles. The van der Waals surface area contributed by atoms with Gasteiger partial charge >= 0.3 is 6.18 Å². The van der Waals surface area contributed by atoms with Crippen molar-refractivity contribution in [2.75, 3.05) is 0 Å². The second kappa shape index (κ2) is 4.26. The molecule has 100 valence electrons. The summed E-state index contributed by atoms with van der Waals surface area (Å²) < 4.78 is 37.8. The van der Waals surface area contributed by atoms with Crippen LogP contribution in [-0.2, 0) is 6.18 Å². The van der Waals surface area contributed by atoms with Crippen molar-refractivity contribution in [3.05, 3.63) is 35.4 Å². The van der Waals surface area contributed by atoms with Gasteiger partial charge in [0.1, 0.15) is 0 Å². The lowest BCUT2D eigenvalue weighted by Gasteiger charge is -2.17. The van der Waals surface area contributed by atoms with E-state index in [0.29, 0.717) is 11.6 Å². The molecular formula is C14H18F3N. The van der Waals surface area contributed by atoms with E-state index >= 15 is 0 Å².